The lowest BCUT2D eigenvalue weighted by molar-refractivity contribution is -0.135. The van der Waals surface area contributed by atoms with Gasteiger partial charge in [0.05, 0.1) is 0 Å². The van der Waals surface area contributed by atoms with Crippen molar-refractivity contribution in [3.63, 3.8) is 0 Å². The van der Waals surface area contributed by atoms with E-state index in [0.29, 0.717) is 5.56 Å². The van der Waals surface area contributed by atoms with Crippen LogP contribution in [0.1, 0.15) is 37.8 Å². The van der Waals surface area contributed by atoms with Gasteiger partial charge in [0.25, 0.3) is 5.91 Å². The standard InChI is InChI=1S/C19H26N4O3.ClH/c1-12-6-8-14(9-7-12)19(3)17(25)23(18(26)22-19)11-16(24)21-15-5-4-10-20-13(15)2;/h6-9,13,15,20H,4-5,10-11H2,1-3H3,(H,21,24)(H,22,26);1H. The number of rotatable bonds is 4. The molecule has 0 bridgehead atoms. The van der Waals surface area contributed by atoms with Gasteiger partial charge in [0, 0.05) is 12.1 Å². The molecule has 2 saturated heterocycles. The molecule has 0 radical (unpaired) electrons. The van der Waals surface area contributed by atoms with E-state index in [0.717, 1.165) is 29.8 Å². The third kappa shape index (κ3) is 4.25. The Labute approximate surface area is 165 Å². The number of urea groups is 1. The van der Waals surface area contributed by atoms with E-state index in [-0.39, 0.29) is 36.9 Å². The highest BCUT2D eigenvalue weighted by Crippen LogP contribution is 2.28. The molecule has 0 aliphatic carbocycles. The number of hydrogen-bond donors (Lipinski definition) is 3. The molecule has 1 aromatic rings. The molecule has 3 unspecified atom stereocenters. The van der Waals surface area contributed by atoms with E-state index in [1.807, 2.05) is 38.1 Å². The third-order valence-corrected chi connectivity index (χ3v) is 5.31. The van der Waals surface area contributed by atoms with Crippen molar-refractivity contribution < 1.29 is 14.4 Å². The molecule has 27 heavy (non-hydrogen) atoms. The maximum absolute atomic E-state index is 12.9. The molecule has 4 amide bonds. The fraction of sp³-hybridized carbons (Fsp3) is 0.526. The fourth-order valence-corrected chi connectivity index (χ4v) is 3.56. The maximum Gasteiger partial charge on any atom is 0.325 e. The normalized spacial score (nSPS) is 27.7. The molecule has 0 spiro atoms. The summed E-state index contributed by atoms with van der Waals surface area (Å²) in [6.45, 7) is 6.32. The Bertz CT molecular complexity index is 724. The van der Waals surface area contributed by atoms with E-state index in [1.54, 1.807) is 6.92 Å². The number of halogens is 1. The predicted molar refractivity (Wildman–Crippen MR) is 105 cm³/mol. The van der Waals surface area contributed by atoms with Gasteiger partial charge in [0.15, 0.2) is 0 Å². The van der Waals surface area contributed by atoms with Crippen LogP contribution in [0.25, 0.3) is 0 Å². The van der Waals surface area contributed by atoms with Crippen LogP contribution in [0.4, 0.5) is 4.79 Å². The Morgan fingerprint density at radius 1 is 1.30 bits per heavy atom. The van der Waals surface area contributed by atoms with E-state index in [2.05, 4.69) is 16.0 Å². The lowest BCUT2D eigenvalue weighted by Gasteiger charge is -2.31. The Balaban J connectivity index is 0.00000261. The van der Waals surface area contributed by atoms with Gasteiger partial charge in [0.2, 0.25) is 5.91 Å². The van der Waals surface area contributed by atoms with Crippen LogP contribution in [-0.4, -0.2) is 47.9 Å². The molecule has 8 heteroatoms. The first-order chi connectivity index (χ1) is 12.3. The maximum atomic E-state index is 12.9. The molecule has 0 aromatic heterocycles. The van der Waals surface area contributed by atoms with Crippen LogP contribution in [0.3, 0.4) is 0 Å². The van der Waals surface area contributed by atoms with Crippen molar-refractivity contribution in [2.75, 3.05) is 13.1 Å². The van der Waals surface area contributed by atoms with Gasteiger partial charge >= 0.3 is 6.03 Å². The summed E-state index contributed by atoms with van der Waals surface area (Å²) in [5, 5.41) is 8.98. The highest BCUT2D eigenvalue weighted by molar-refractivity contribution is 6.09. The Morgan fingerprint density at radius 3 is 2.59 bits per heavy atom. The molecule has 2 aliphatic heterocycles. The van der Waals surface area contributed by atoms with Crippen molar-refractivity contribution in [1.82, 2.24) is 20.9 Å². The number of carbonyl (C=O) groups excluding carboxylic acids is 3. The largest absolute Gasteiger partial charge is 0.350 e. The van der Waals surface area contributed by atoms with E-state index in [4.69, 9.17) is 0 Å². The molecule has 3 atom stereocenters. The zero-order valence-electron chi connectivity index (χ0n) is 15.9. The summed E-state index contributed by atoms with van der Waals surface area (Å²) in [6, 6.07) is 7.09. The molecule has 7 nitrogen and oxygen atoms in total. The van der Waals surface area contributed by atoms with Gasteiger partial charge in [-0.05, 0) is 45.7 Å². The van der Waals surface area contributed by atoms with Crippen LogP contribution in [0, 0.1) is 6.92 Å². The van der Waals surface area contributed by atoms with Gasteiger partial charge in [-0.3, -0.25) is 14.5 Å². The number of nitrogens with zero attached hydrogens (tertiary/aromatic N) is 1. The van der Waals surface area contributed by atoms with Gasteiger partial charge in [-0.25, -0.2) is 4.79 Å². The first-order valence-corrected chi connectivity index (χ1v) is 9.05. The molecular formula is C19H27ClN4O3. The zero-order chi connectivity index (χ0) is 18.9. The highest BCUT2D eigenvalue weighted by Gasteiger charge is 2.49. The van der Waals surface area contributed by atoms with Gasteiger partial charge in [0.1, 0.15) is 12.1 Å². The summed E-state index contributed by atoms with van der Waals surface area (Å²) in [6.07, 6.45) is 1.88. The molecule has 148 valence electrons. The highest BCUT2D eigenvalue weighted by atomic mass is 35.5. The molecule has 2 aliphatic rings. The van der Waals surface area contributed by atoms with Crippen molar-refractivity contribution in [3.05, 3.63) is 35.4 Å². The van der Waals surface area contributed by atoms with Crippen molar-refractivity contribution in [2.24, 2.45) is 0 Å². The SMILES string of the molecule is Cc1ccc(C2(C)NC(=O)N(CC(=O)NC3CCCNC3C)C2=O)cc1.Cl. The average Bonchev–Trinajstić information content (AvgIpc) is 2.82. The summed E-state index contributed by atoms with van der Waals surface area (Å²) < 4.78 is 0. The van der Waals surface area contributed by atoms with E-state index < -0.39 is 17.5 Å². The van der Waals surface area contributed by atoms with Crippen molar-refractivity contribution >= 4 is 30.3 Å². The monoisotopic (exact) mass is 394 g/mol. The zero-order valence-corrected chi connectivity index (χ0v) is 16.7. The van der Waals surface area contributed by atoms with Crippen LogP contribution in [0.5, 0.6) is 0 Å². The fourth-order valence-electron chi connectivity index (χ4n) is 3.56. The van der Waals surface area contributed by atoms with E-state index >= 15 is 0 Å². The van der Waals surface area contributed by atoms with Crippen molar-refractivity contribution in [3.8, 4) is 0 Å². The molecule has 3 rings (SSSR count). The molecule has 3 N–H and O–H groups in total. The lowest BCUT2D eigenvalue weighted by atomic mass is 9.91. The Hall–Kier alpha value is -2.12. The second kappa shape index (κ2) is 8.27. The summed E-state index contributed by atoms with van der Waals surface area (Å²) in [7, 11) is 0. The topological polar surface area (TPSA) is 90.5 Å². The third-order valence-electron chi connectivity index (χ3n) is 5.31. The van der Waals surface area contributed by atoms with Crippen LogP contribution < -0.4 is 16.0 Å². The minimum absolute atomic E-state index is 0. The first-order valence-electron chi connectivity index (χ1n) is 9.05. The number of aryl methyl sites for hydroxylation is 1. The van der Waals surface area contributed by atoms with Gasteiger partial charge in [-0.2, -0.15) is 0 Å². The molecular weight excluding hydrogens is 368 g/mol. The Kier molecular flexibility index (Phi) is 6.49. The van der Waals surface area contributed by atoms with Crippen LogP contribution in [0.2, 0.25) is 0 Å². The van der Waals surface area contributed by atoms with Gasteiger partial charge < -0.3 is 16.0 Å². The van der Waals surface area contributed by atoms with E-state index in [1.165, 1.54) is 0 Å². The minimum atomic E-state index is -1.15. The summed E-state index contributed by atoms with van der Waals surface area (Å²) >= 11 is 0. The quantitative estimate of drug-likeness (QED) is 0.674. The molecule has 2 fully saturated rings. The lowest BCUT2D eigenvalue weighted by Crippen LogP contribution is -2.54. The van der Waals surface area contributed by atoms with Gasteiger partial charge in [-0.15, -0.1) is 12.4 Å². The smallest absolute Gasteiger partial charge is 0.325 e. The molecule has 0 saturated carbocycles. The molecule has 1 aromatic carbocycles. The number of amides is 4. The Morgan fingerprint density at radius 2 is 1.96 bits per heavy atom. The van der Waals surface area contributed by atoms with Crippen LogP contribution >= 0.6 is 12.4 Å². The number of imide groups is 1. The summed E-state index contributed by atoms with van der Waals surface area (Å²) in [4.78, 5) is 38.6. The van der Waals surface area contributed by atoms with Crippen LogP contribution in [-0.2, 0) is 15.1 Å². The molecule has 2 heterocycles. The number of benzene rings is 1. The number of hydrogen-bond acceptors (Lipinski definition) is 4. The van der Waals surface area contributed by atoms with Crippen molar-refractivity contribution in [2.45, 2.75) is 51.2 Å². The second-order valence-corrected chi connectivity index (χ2v) is 7.37. The second-order valence-electron chi connectivity index (χ2n) is 7.37. The average molecular weight is 395 g/mol. The first kappa shape index (κ1) is 21.2. The summed E-state index contributed by atoms with van der Waals surface area (Å²) in [5.41, 5.74) is 0.625. The summed E-state index contributed by atoms with van der Waals surface area (Å²) in [5.74, 6) is -0.724. The number of piperidine rings is 1. The number of carbonyl (C=O) groups is 3. The number of nitrogens with one attached hydrogen (secondary N) is 3. The van der Waals surface area contributed by atoms with Gasteiger partial charge in [-0.1, -0.05) is 29.8 Å². The predicted octanol–water partition coefficient (Wildman–Crippen LogP) is 1.44. The minimum Gasteiger partial charge on any atom is -0.350 e. The van der Waals surface area contributed by atoms with E-state index in [9.17, 15) is 14.4 Å². The van der Waals surface area contributed by atoms with Crippen LogP contribution in [0.15, 0.2) is 24.3 Å². The van der Waals surface area contributed by atoms with Crippen molar-refractivity contribution in [1.29, 1.82) is 0 Å².